The van der Waals surface area contributed by atoms with Gasteiger partial charge < -0.3 is 5.32 Å². The minimum atomic E-state index is 0.743. The van der Waals surface area contributed by atoms with Crippen LogP contribution in [0.2, 0.25) is 0 Å². The van der Waals surface area contributed by atoms with Crippen molar-refractivity contribution in [1.29, 1.82) is 0 Å². The van der Waals surface area contributed by atoms with Crippen LogP contribution in [0.4, 0.5) is 5.69 Å². The third-order valence-corrected chi connectivity index (χ3v) is 4.04. The van der Waals surface area contributed by atoms with E-state index in [1.165, 1.54) is 22.1 Å². The van der Waals surface area contributed by atoms with Crippen LogP contribution in [0, 0.1) is 15.4 Å². The van der Waals surface area contributed by atoms with Crippen LogP contribution >= 0.6 is 22.6 Å². The molecule has 0 saturated heterocycles. The van der Waals surface area contributed by atoms with Crippen LogP contribution in [0.5, 0.6) is 0 Å². The van der Waals surface area contributed by atoms with E-state index in [9.17, 15) is 0 Å². The molecular formula is C15H20IN. The Balaban J connectivity index is 1.86. The van der Waals surface area contributed by atoms with E-state index in [4.69, 9.17) is 0 Å². The van der Waals surface area contributed by atoms with Crippen LogP contribution in [0.1, 0.15) is 26.7 Å². The SMILES string of the molecule is CC1=CC(C)CC(CNc2ccc(I)cc2)C1. The Hall–Kier alpha value is -0.510. The third-order valence-electron chi connectivity index (χ3n) is 3.32. The minimum Gasteiger partial charge on any atom is -0.385 e. The first-order valence-electron chi connectivity index (χ1n) is 6.30. The second kappa shape index (κ2) is 5.89. The number of rotatable bonds is 3. The lowest BCUT2D eigenvalue weighted by atomic mass is 9.84. The molecule has 0 heterocycles. The maximum absolute atomic E-state index is 3.55. The molecule has 2 heteroatoms. The molecule has 0 radical (unpaired) electrons. The maximum atomic E-state index is 3.55. The van der Waals surface area contributed by atoms with Crippen molar-refractivity contribution in [1.82, 2.24) is 0 Å². The van der Waals surface area contributed by atoms with Crippen LogP contribution in [0.15, 0.2) is 35.9 Å². The number of nitrogens with one attached hydrogen (secondary N) is 1. The van der Waals surface area contributed by atoms with E-state index in [1.807, 2.05) is 0 Å². The number of anilines is 1. The fraction of sp³-hybridized carbons (Fsp3) is 0.467. The van der Waals surface area contributed by atoms with Crippen LogP contribution < -0.4 is 5.32 Å². The van der Waals surface area contributed by atoms with Crippen molar-refractivity contribution in [3.05, 3.63) is 39.5 Å². The summed E-state index contributed by atoms with van der Waals surface area (Å²) >= 11 is 2.34. The molecule has 0 aliphatic heterocycles. The Morgan fingerprint density at radius 3 is 2.65 bits per heavy atom. The monoisotopic (exact) mass is 341 g/mol. The summed E-state index contributed by atoms with van der Waals surface area (Å²) in [6, 6.07) is 8.63. The Labute approximate surface area is 118 Å². The number of benzene rings is 1. The van der Waals surface area contributed by atoms with Gasteiger partial charge in [0, 0.05) is 15.8 Å². The van der Waals surface area contributed by atoms with Crippen LogP contribution in [0.3, 0.4) is 0 Å². The standard InChI is InChI=1S/C15H20IN/c1-11-7-12(2)9-13(8-11)10-17-15-5-3-14(16)4-6-15/h3-7,11,13,17H,8-10H2,1-2H3. The molecule has 0 spiro atoms. The van der Waals surface area contributed by atoms with Gasteiger partial charge in [-0.25, -0.2) is 0 Å². The van der Waals surface area contributed by atoms with Gasteiger partial charge in [0.1, 0.15) is 0 Å². The molecule has 2 atom stereocenters. The Bertz CT molecular complexity index is 394. The van der Waals surface area contributed by atoms with E-state index in [0.717, 1.165) is 18.4 Å². The maximum Gasteiger partial charge on any atom is 0.0340 e. The zero-order valence-corrected chi connectivity index (χ0v) is 12.7. The highest BCUT2D eigenvalue weighted by molar-refractivity contribution is 14.1. The average Bonchev–Trinajstić information content (AvgIpc) is 2.27. The van der Waals surface area contributed by atoms with Gasteiger partial charge in [-0.3, -0.25) is 0 Å². The number of halogens is 1. The van der Waals surface area contributed by atoms with Crippen LogP contribution in [-0.4, -0.2) is 6.54 Å². The summed E-state index contributed by atoms with van der Waals surface area (Å²) in [5.74, 6) is 1.53. The molecular weight excluding hydrogens is 321 g/mol. The van der Waals surface area contributed by atoms with Crippen molar-refractivity contribution in [2.24, 2.45) is 11.8 Å². The summed E-state index contributed by atoms with van der Waals surface area (Å²) in [4.78, 5) is 0. The normalized spacial score (nSPS) is 24.3. The summed E-state index contributed by atoms with van der Waals surface area (Å²) in [6.07, 6.45) is 4.98. The predicted molar refractivity (Wildman–Crippen MR) is 83.3 cm³/mol. The predicted octanol–water partition coefficient (Wildman–Crippen LogP) is 4.70. The smallest absolute Gasteiger partial charge is 0.0340 e. The van der Waals surface area contributed by atoms with Crippen LogP contribution in [0.25, 0.3) is 0 Å². The van der Waals surface area contributed by atoms with Gasteiger partial charge in [0.15, 0.2) is 0 Å². The van der Waals surface area contributed by atoms with Crippen molar-refractivity contribution in [3.63, 3.8) is 0 Å². The molecule has 1 aromatic carbocycles. The number of hydrogen-bond acceptors (Lipinski definition) is 1. The second-order valence-electron chi connectivity index (χ2n) is 5.18. The molecule has 0 amide bonds. The first-order chi connectivity index (χ1) is 8.13. The van der Waals surface area contributed by atoms with Gasteiger partial charge >= 0.3 is 0 Å². The van der Waals surface area contributed by atoms with Gasteiger partial charge in [0.25, 0.3) is 0 Å². The Morgan fingerprint density at radius 1 is 1.29 bits per heavy atom. The zero-order valence-electron chi connectivity index (χ0n) is 10.5. The summed E-state index contributed by atoms with van der Waals surface area (Å²) in [6.45, 7) is 5.67. The van der Waals surface area contributed by atoms with E-state index in [-0.39, 0.29) is 0 Å². The molecule has 1 nitrogen and oxygen atoms in total. The molecule has 0 fully saturated rings. The number of allylic oxidation sites excluding steroid dienone is 2. The largest absolute Gasteiger partial charge is 0.385 e. The third kappa shape index (κ3) is 4.02. The highest BCUT2D eigenvalue weighted by Gasteiger charge is 2.17. The van der Waals surface area contributed by atoms with Gasteiger partial charge in [0.05, 0.1) is 0 Å². The van der Waals surface area contributed by atoms with Crippen molar-refractivity contribution in [2.45, 2.75) is 26.7 Å². The van der Waals surface area contributed by atoms with Crippen molar-refractivity contribution >= 4 is 28.3 Å². The molecule has 2 rings (SSSR count). The molecule has 92 valence electrons. The van der Waals surface area contributed by atoms with Gasteiger partial charge in [0.2, 0.25) is 0 Å². The minimum absolute atomic E-state index is 0.743. The lowest BCUT2D eigenvalue weighted by Crippen LogP contribution is -2.20. The molecule has 1 aliphatic rings. The van der Waals surface area contributed by atoms with E-state index >= 15 is 0 Å². The molecule has 1 N–H and O–H groups in total. The molecule has 1 aromatic rings. The zero-order chi connectivity index (χ0) is 12.3. The fourth-order valence-electron chi connectivity index (χ4n) is 2.67. The molecule has 17 heavy (non-hydrogen) atoms. The topological polar surface area (TPSA) is 12.0 Å². The fourth-order valence-corrected chi connectivity index (χ4v) is 3.03. The highest BCUT2D eigenvalue weighted by Crippen LogP contribution is 2.28. The summed E-state index contributed by atoms with van der Waals surface area (Å²) < 4.78 is 1.29. The van der Waals surface area contributed by atoms with E-state index in [0.29, 0.717) is 0 Å². The summed E-state index contributed by atoms with van der Waals surface area (Å²) in [5, 5.41) is 3.55. The molecule has 0 bridgehead atoms. The van der Waals surface area contributed by atoms with E-state index in [1.54, 1.807) is 5.57 Å². The Morgan fingerprint density at radius 2 is 2.00 bits per heavy atom. The van der Waals surface area contributed by atoms with E-state index < -0.39 is 0 Å². The lowest BCUT2D eigenvalue weighted by molar-refractivity contribution is 0.421. The molecule has 0 aromatic heterocycles. The van der Waals surface area contributed by atoms with Gasteiger partial charge in [-0.1, -0.05) is 18.6 Å². The molecule has 1 aliphatic carbocycles. The lowest BCUT2D eigenvalue weighted by Gasteiger charge is -2.26. The molecule has 0 saturated carbocycles. The molecule has 2 unspecified atom stereocenters. The van der Waals surface area contributed by atoms with Crippen molar-refractivity contribution in [2.75, 3.05) is 11.9 Å². The van der Waals surface area contributed by atoms with E-state index in [2.05, 4.69) is 72.1 Å². The van der Waals surface area contributed by atoms with Crippen molar-refractivity contribution in [3.8, 4) is 0 Å². The van der Waals surface area contributed by atoms with Crippen molar-refractivity contribution < 1.29 is 0 Å². The highest BCUT2D eigenvalue weighted by atomic mass is 127. The Kier molecular flexibility index (Phi) is 4.48. The van der Waals surface area contributed by atoms with Gasteiger partial charge in [-0.05, 0) is 78.5 Å². The quantitative estimate of drug-likeness (QED) is 0.621. The average molecular weight is 341 g/mol. The van der Waals surface area contributed by atoms with Gasteiger partial charge in [-0.15, -0.1) is 0 Å². The first kappa shape index (κ1) is 12.9. The van der Waals surface area contributed by atoms with Gasteiger partial charge in [-0.2, -0.15) is 0 Å². The van der Waals surface area contributed by atoms with Crippen LogP contribution in [-0.2, 0) is 0 Å². The first-order valence-corrected chi connectivity index (χ1v) is 7.38. The number of hydrogen-bond donors (Lipinski definition) is 1. The summed E-state index contributed by atoms with van der Waals surface area (Å²) in [7, 11) is 0. The second-order valence-corrected chi connectivity index (χ2v) is 6.43. The summed E-state index contributed by atoms with van der Waals surface area (Å²) in [5.41, 5.74) is 2.79.